The molecular weight excluding hydrogens is 446 g/mol. The fourth-order valence-corrected chi connectivity index (χ4v) is 3.04. The molecule has 0 spiro atoms. The summed E-state index contributed by atoms with van der Waals surface area (Å²) in [6.07, 6.45) is -4.03. The van der Waals surface area contributed by atoms with Crippen molar-refractivity contribution >= 4 is 39.9 Å². The van der Waals surface area contributed by atoms with E-state index >= 15 is 0 Å². The Labute approximate surface area is 170 Å². The largest absolute Gasteiger partial charge is 0.434 e. The molecule has 1 heterocycles. The van der Waals surface area contributed by atoms with Crippen LogP contribution in [0.2, 0.25) is 10.0 Å². The molecule has 0 aliphatic heterocycles. The van der Waals surface area contributed by atoms with E-state index in [9.17, 15) is 26.2 Å². The molecule has 1 aromatic heterocycles. The minimum atomic E-state index is -4.80. The van der Waals surface area contributed by atoms with Crippen molar-refractivity contribution < 1.29 is 26.2 Å². The Morgan fingerprint density at radius 2 is 1.75 bits per heavy atom. The summed E-state index contributed by atoms with van der Waals surface area (Å²) in [6, 6.07) is 2.71. The van der Waals surface area contributed by atoms with E-state index in [4.69, 9.17) is 23.2 Å². The first kappa shape index (κ1) is 22.7. The summed E-state index contributed by atoms with van der Waals surface area (Å²) in [5, 5.41) is -1.59. The van der Waals surface area contributed by atoms with Gasteiger partial charge < -0.3 is 0 Å². The molecule has 11 heteroatoms. The van der Waals surface area contributed by atoms with Gasteiger partial charge >= 0.3 is 6.18 Å². The van der Waals surface area contributed by atoms with Gasteiger partial charge in [0.25, 0.3) is 0 Å². The third-order valence-electron chi connectivity index (χ3n) is 3.37. The SMILES string of the molecule is CC(C)(C)S(=O)N=C(c1cnc(C(F)(F)F)c(Cl)c1)c1ccc(F)c(Cl)c1F. The summed E-state index contributed by atoms with van der Waals surface area (Å²) >= 11 is 11.3. The molecule has 2 rings (SSSR count). The molecule has 1 aromatic carbocycles. The monoisotopic (exact) mass is 458 g/mol. The zero-order valence-electron chi connectivity index (χ0n) is 14.7. The van der Waals surface area contributed by atoms with Crippen LogP contribution in [0.4, 0.5) is 22.0 Å². The summed E-state index contributed by atoms with van der Waals surface area (Å²) in [4.78, 5) is 3.27. The molecule has 0 saturated heterocycles. The van der Waals surface area contributed by atoms with E-state index in [2.05, 4.69) is 9.38 Å². The number of aromatic nitrogens is 1. The molecule has 28 heavy (non-hydrogen) atoms. The number of nitrogens with zero attached hydrogens (tertiary/aromatic N) is 2. The van der Waals surface area contributed by atoms with E-state index in [-0.39, 0.29) is 16.8 Å². The van der Waals surface area contributed by atoms with Crippen LogP contribution in [0.5, 0.6) is 0 Å². The van der Waals surface area contributed by atoms with E-state index in [1.165, 1.54) is 0 Å². The van der Waals surface area contributed by atoms with Gasteiger partial charge in [0.15, 0.2) is 11.5 Å². The van der Waals surface area contributed by atoms with Gasteiger partial charge in [-0.2, -0.15) is 17.6 Å². The number of hydrogen-bond acceptors (Lipinski definition) is 2. The minimum Gasteiger partial charge on any atom is -0.250 e. The Hall–Kier alpha value is -1.58. The molecule has 0 fully saturated rings. The normalized spacial score (nSPS) is 14.3. The second-order valence-electron chi connectivity index (χ2n) is 6.58. The Bertz CT molecular complexity index is 971. The first-order valence-corrected chi connectivity index (χ1v) is 9.47. The average molecular weight is 459 g/mol. The van der Waals surface area contributed by atoms with Gasteiger partial charge in [0, 0.05) is 17.3 Å². The van der Waals surface area contributed by atoms with Crippen LogP contribution in [-0.2, 0) is 17.2 Å². The first-order valence-electron chi connectivity index (χ1n) is 7.61. The van der Waals surface area contributed by atoms with Gasteiger partial charge in [0.2, 0.25) is 0 Å². The second kappa shape index (κ2) is 8.04. The molecule has 0 aliphatic rings. The van der Waals surface area contributed by atoms with Crippen molar-refractivity contribution in [3.8, 4) is 0 Å². The predicted molar refractivity (Wildman–Crippen MR) is 99.2 cm³/mol. The number of pyridine rings is 1. The molecule has 2 aromatic rings. The maximum Gasteiger partial charge on any atom is 0.434 e. The molecule has 0 bridgehead atoms. The summed E-state index contributed by atoms with van der Waals surface area (Å²) in [7, 11) is -1.93. The van der Waals surface area contributed by atoms with Crippen LogP contribution in [0, 0.1) is 11.6 Å². The van der Waals surface area contributed by atoms with Gasteiger partial charge in [-0.15, -0.1) is 0 Å². The van der Waals surface area contributed by atoms with Gasteiger partial charge in [0.1, 0.15) is 21.8 Å². The van der Waals surface area contributed by atoms with Crippen LogP contribution < -0.4 is 0 Å². The van der Waals surface area contributed by atoms with Gasteiger partial charge in [-0.25, -0.2) is 18.0 Å². The highest BCUT2D eigenvalue weighted by Gasteiger charge is 2.35. The highest BCUT2D eigenvalue weighted by atomic mass is 35.5. The Morgan fingerprint density at radius 1 is 1.14 bits per heavy atom. The molecule has 0 aliphatic carbocycles. The van der Waals surface area contributed by atoms with Crippen LogP contribution in [-0.4, -0.2) is 19.7 Å². The van der Waals surface area contributed by atoms with Gasteiger partial charge in [0.05, 0.1) is 15.5 Å². The zero-order valence-corrected chi connectivity index (χ0v) is 17.0. The van der Waals surface area contributed by atoms with Crippen LogP contribution in [0.15, 0.2) is 28.8 Å². The number of halogens is 7. The maximum atomic E-state index is 14.5. The average Bonchev–Trinajstić information content (AvgIpc) is 2.56. The second-order valence-corrected chi connectivity index (χ2v) is 9.27. The lowest BCUT2D eigenvalue weighted by atomic mass is 10.0. The summed E-state index contributed by atoms with van der Waals surface area (Å²) in [5.41, 5.74) is -2.17. The molecule has 1 unspecified atom stereocenters. The van der Waals surface area contributed by atoms with Crippen molar-refractivity contribution in [2.75, 3.05) is 0 Å². The first-order chi connectivity index (χ1) is 12.7. The predicted octanol–water partition coefficient (Wildman–Crippen LogP) is 5.99. The van der Waals surface area contributed by atoms with Gasteiger partial charge in [-0.05, 0) is 39.0 Å². The van der Waals surface area contributed by atoms with E-state index in [0.717, 1.165) is 24.4 Å². The van der Waals surface area contributed by atoms with Crippen LogP contribution in [0.3, 0.4) is 0 Å². The molecule has 0 amide bonds. The number of rotatable bonds is 3. The third-order valence-corrected chi connectivity index (χ3v) is 5.40. The summed E-state index contributed by atoms with van der Waals surface area (Å²) in [6.45, 7) is 4.78. The fourth-order valence-electron chi connectivity index (χ4n) is 1.96. The molecule has 3 nitrogen and oxygen atoms in total. The van der Waals surface area contributed by atoms with Crippen molar-refractivity contribution in [1.82, 2.24) is 4.98 Å². The van der Waals surface area contributed by atoms with E-state index in [0.29, 0.717) is 0 Å². The lowest BCUT2D eigenvalue weighted by Gasteiger charge is -2.16. The Balaban J connectivity index is 2.74. The van der Waals surface area contributed by atoms with Gasteiger partial charge in [-0.1, -0.05) is 23.2 Å². The van der Waals surface area contributed by atoms with Crippen molar-refractivity contribution in [3.05, 3.63) is 62.9 Å². The van der Waals surface area contributed by atoms with Crippen LogP contribution >= 0.6 is 23.2 Å². The molecule has 0 N–H and O–H groups in total. The van der Waals surface area contributed by atoms with Crippen LogP contribution in [0.1, 0.15) is 37.6 Å². The molecule has 152 valence electrons. The van der Waals surface area contributed by atoms with E-state index in [1.807, 2.05) is 0 Å². The maximum absolute atomic E-state index is 14.5. The lowest BCUT2D eigenvalue weighted by molar-refractivity contribution is -0.141. The van der Waals surface area contributed by atoms with Crippen molar-refractivity contribution in [3.63, 3.8) is 0 Å². The number of hydrogen-bond donors (Lipinski definition) is 0. The minimum absolute atomic E-state index is 0.142. The van der Waals surface area contributed by atoms with Crippen molar-refractivity contribution in [2.45, 2.75) is 31.7 Å². The van der Waals surface area contributed by atoms with Crippen molar-refractivity contribution in [1.29, 1.82) is 0 Å². The van der Waals surface area contributed by atoms with Gasteiger partial charge in [-0.3, -0.25) is 0 Å². The quantitative estimate of drug-likeness (QED) is 0.322. The van der Waals surface area contributed by atoms with E-state index < -0.39 is 49.3 Å². The Morgan fingerprint density at radius 3 is 2.25 bits per heavy atom. The van der Waals surface area contributed by atoms with E-state index in [1.54, 1.807) is 20.8 Å². The standard InChI is InChI=1S/C17H13Cl2F5N2OS/c1-16(2,3)28(27)26-14(9-4-5-11(20)12(19)13(9)21)8-6-10(18)15(25-7-8)17(22,23)24/h4-7H,1-3H3. The topological polar surface area (TPSA) is 42.3 Å². The van der Waals surface area contributed by atoms with Crippen molar-refractivity contribution in [2.24, 2.45) is 4.40 Å². The summed E-state index contributed by atoms with van der Waals surface area (Å²) in [5.74, 6) is -2.25. The molecule has 0 saturated carbocycles. The number of benzene rings is 1. The third kappa shape index (κ3) is 4.87. The highest BCUT2D eigenvalue weighted by molar-refractivity contribution is 7.85. The summed E-state index contributed by atoms with van der Waals surface area (Å²) < 4.78 is 82.2. The smallest absolute Gasteiger partial charge is 0.250 e. The van der Waals surface area contributed by atoms with Crippen LogP contribution in [0.25, 0.3) is 0 Å². The lowest BCUT2D eigenvalue weighted by Crippen LogP contribution is -2.22. The molecule has 1 atom stereocenters. The Kier molecular flexibility index (Phi) is 6.52. The zero-order chi connectivity index (χ0) is 21.4. The fraction of sp³-hybridized carbons (Fsp3) is 0.294. The highest BCUT2D eigenvalue weighted by Crippen LogP contribution is 2.34. The molecule has 0 radical (unpaired) electrons. The number of alkyl halides is 3. The molecular formula is C17H13Cl2F5N2OS.